The topological polar surface area (TPSA) is 64.0 Å². The molecule has 1 aromatic heterocycles. The fraction of sp³-hybridized carbons (Fsp3) is 0.348. The molecule has 1 amide bonds. The molecule has 0 radical (unpaired) electrons. The lowest BCUT2D eigenvalue weighted by molar-refractivity contribution is -0.117. The number of aromatic nitrogens is 2. The Bertz CT molecular complexity index is 1050. The zero-order chi connectivity index (χ0) is 19.5. The van der Waals surface area contributed by atoms with Crippen LogP contribution in [0, 0.1) is 12.8 Å². The van der Waals surface area contributed by atoms with Crippen molar-refractivity contribution in [2.75, 3.05) is 5.32 Å². The van der Waals surface area contributed by atoms with Crippen molar-refractivity contribution in [1.29, 1.82) is 0 Å². The summed E-state index contributed by atoms with van der Waals surface area (Å²) in [6, 6.07) is 14.7. The normalized spacial score (nSPS) is 14.9. The van der Waals surface area contributed by atoms with E-state index in [1.54, 1.807) is 10.6 Å². The maximum atomic E-state index is 12.9. The van der Waals surface area contributed by atoms with Gasteiger partial charge in [-0.2, -0.15) is 0 Å². The first-order chi connectivity index (χ1) is 13.6. The summed E-state index contributed by atoms with van der Waals surface area (Å²) in [7, 11) is 0. The molecule has 0 atom stereocenters. The SMILES string of the molecule is Cc1nc2ccccc2c(=O)n1-c1ccc(NC(=O)CC2CCCCC2)cc1. The minimum atomic E-state index is -0.0859. The zero-order valence-electron chi connectivity index (χ0n) is 16.1. The van der Waals surface area contributed by atoms with Crippen LogP contribution >= 0.6 is 0 Å². The summed E-state index contributed by atoms with van der Waals surface area (Å²) in [6.07, 6.45) is 6.67. The maximum absolute atomic E-state index is 12.9. The fourth-order valence-electron chi connectivity index (χ4n) is 4.11. The van der Waals surface area contributed by atoms with E-state index in [4.69, 9.17) is 0 Å². The van der Waals surface area contributed by atoms with Gasteiger partial charge in [-0.15, -0.1) is 0 Å². The Hall–Kier alpha value is -2.95. The first kappa shape index (κ1) is 18.4. The van der Waals surface area contributed by atoms with Crippen molar-refractivity contribution >= 4 is 22.5 Å². The van der Waals surface area contributed by atoms with E-state index in [-0.39, 0.29) is 11.5 Å². The Kier molecular flexibility index (Phi) is 5.24. The Balaban J connectivity index is 1.53. The highest BCUT2D eigenvalue weighted by atomic mass is 16.1. The number of aryl methyl sites for hydroxylation is 1. The summed E-state index contributed by atoms with van der Waals surface area (Å²) >= 11 is 0. The fourth-order valence-corrected chi connectivity index (χ4v) is 4.11. The maximum Gasteiger partial charge on any atom is 0.265 e. The molecule has 1 saturated carbocycles. The first-order valence-corrected chi connectivity index (χ1v) is 10.0. The predicted molar refractivity (Wildman–Crippen MR) is 112 cm³/mol. The predicted octanol–water partition coefficient (Wildman–Crippen LogP) is 4.60. The van der Waals surface area contributed by atoms with Gasteiger partial charge >= 0.3 is 0 Å². The van der Waals surface area contributed by atoms with Gasteiger partial charge in [-0.3, -0.25) is 14.2 Å². The van der Waals surface area contributed by atoms with E-state index in [1.165, 1.54) is 19.3 Å². The molecule has 1 aliphatic carbocycles. The summed E-state index contributed by atoms with van der Waals surface area (Å²) < 4.78 is 1.61. The Morgan fingerprint density at radius 2 is 1.79 bits per heavy atom. The number of hydrogen-bond donors (Lipinski definition) is 1. The third-order valence-electron chi connectivity index (χ3n) is 5.55. The second kappa shape index (κ2) is 7.97. The van der Waals surface area contributed by atoms with Crippen LogP contribution in [0.2, 0.25) is 0 Å². The van der Waals surface area contributed by atoms with Crippen molar-refractivity contribution in [3.8, 4) is 5.69 Å². The Morgan fingerprint density at radius 3 is 2.54 bits per heavy atom. The molecular formula is C23H25N3O2. The van der Waals surface area contributed by atoms with Gasteiger partial charge in [0, 0.05) is 12.1 Å². The van der Waals surface area contributed by atoms with Crippen LogP contribution in [0.25, 0.3) is 16.6 Å². The standard InChI is InChI=1S/C23H25N3O2/c1-16-24-21-10-6-5-9-20(21)23(28)26(16)19-13-11-18(12-14-19)25-22(27)15-17-7-3-2-4-8-17/h5-6,9-14,17H,2-4,7-8,15H2,1H3,(H,25,27). The second-order valence-corrected chi connectivity index (χ2v) is 7.62. The van der Waals surface area contributed by atoms with Crippen molar-refractivity contribution in [1.82, 2.24) is 9.55 Å². The van der Waals surface area contributed by atoms with Gasteiger partial charge in [0.25, 0.3) is 5.56 Å². The van der Waals surface area contributed by atoms with Crippen LogP contribution in [0.15, 0.2) is 53.3 Å². The molecule has 1 N–H and O–H groups in total. The summed E-state index contributed by atoms with van der Waals surface area (Å²) in [5, 5.41) is 3.58. The molecule has 0 unspecified atom stereocenters. The van der Waals surface area contributed by atoms with Gasteiger partial charge in [0.05, 0.1) is 16.6 Å². The number of para-hydroxylation sites is 1. The number of benzene rings is 2. The lowest BCUT2D eigenvalue weighted by Crippen LogP contribution is -2.22. The molecule has 144 valence electrons. The molecule has 1 heterocycles. The lowest BCUT2D eigenvalue weighted by atomic mass is 9.87. The van der Waals surface area contributed by atoms with Gasteiger partial charge in [-0.05, 0) is 62.1 Å². The highest BCUT2D eigenvalue weighted by Crippen LogP contribution is 2.26. The van der Waals surface area contributed by atoms with Gasteiger partial charge in [-0.1, -0.05) is 31.4 Å². The Labute approximate surface area is 164 Å². The number of nitrogens with one attached hydrogen (secondary N) is 1. The zero-order valence-corrected chi connectivity index (χ0v) is 16.1. The first-order valence-electron chi connectivity index (χ1n) is 10.0. The molecule has 3 aromatic rings. The molecule has 5 heteroatoms. The van der Waals surface area contributed by atoms with Gasteiger partial charge in [-0.25, -0.2) is 4.98 Å². The number of carbonyl (C=O) groups is 1. The van der Waals surface area contributed by atoms with Crippen molar-refractivity contribution in [2.45, 2.75) is 45.4 Å². The van der Waals surface area contributed by atoms with Crippen LogP contribution in [0.1, 0.15) is 44.3 Å². The molecule has 2 aromatic carbocycles. The molecule has 28 heavy (non-hydrogen) atoms. The van der Waals surface area contributed by atoms with Crippen LogP contribution in [0.5, 0.6) is 0 Å². The smallest absolute Gasteiger partial charge is 0.265 e. The summed E-state index contributed by atoms with van der Waals surface area (Å²) in [5.74, 6) is 1.22. The van der Waals surface area contributed by atoms with E-state index < -0.39 is 0 Å². The molecule has 0 spiro atoms. The van der Waals surface area contributed by atoms with Gasteiger partial charge in [0.1, 0.15) is 5.82 Å². The highest BCUT2D eigenvalue weighted by molar-refractivity contribution is 5.91. The van der Waals surface area contributed by atoms with Gasteiger partial charge < -0.3 is 5.32 Å². The van der Waals surface area contributed by atoms with Crippen molar-refractivity contribution in [3.05, 3.63) is 64.7 Å². The van der Waals surface area contributed by atoms with Gasteiger partial charge in [0.2, 0.25) is 5.91 Å². The number of carbonyl (C=O) groups excluding carboxylic acids is 1. The van der Waals surface area contributed by atoms with Crippen LogP contribution in [-0.2, 0) is 4.79 Å². The molecule has 0 saturated heterocycles. The van der Waals surface area contributed by atoms with E-state index >= 15 is 0 Å². The van der Waals surface area contributed by atoms with E-state index in [0.29, 0.717) is 29.1 Å². The van der Waals surface area contributed by atoms with E-state index in [0.717, 1.165) is 24.2 Å². The van der Waals surface area contributed by atoms with Crippen molar-refractivity contribution in [3.63, 3.8) is 0 Å². The van der Waals surface area contributed by atoms with Crippen molar-refractivity contribution < 1.29 is 4.79 Å². The van der Waals surface area contributed by atoms with Crippen LogP contribution in [0.4, 0.5) is 5.69 Å². The van der Waals surface area contributed by atoms with Crippen LogP contribution in [0.3, 0.4) is 0 Å². The number of amides is 1. The summed E-state index contributed by atoms with van der Waals surface area (Å²) in [5.41, 5.74) is 2.11. The minimum Gasteiger partial charge on any atom is -0.326 e. The van der Waals surface area contributed by atoms with Crippen LogP contribution in [-0.4, -0.2) is 15.5 Å². The number of rotatable bonds is 4. The average Bonchev–Trinajstić information content (AvgIpc) is 2.70. The third-order valence-corrected chi connectivity index (χ3v) is 5.55. The molecule has 0 aliphatic heterocycles. The molecule has 1 fully saturated rings. The van der Waals surface area contributed by atoms with Crippen LogP contribution < -0.4 is 10.9 Å². The molecule has 1 aliphatic rings. The number of hydrogen-bond acceptors (Lipinski definition) is 3. The minimum absolute atomic E-state index is 0.0698. The summed E-state index contributed by atoms with van der Waals surface area (Å²) in [4.78, 5) is 29.7. The molecule has 4 rings (SSSR count). The third kappa shape index (κ3) is 3.84. The van der Waals surface area contributed by atoms with E-state index in [9.17, 15) is 9.59 Å². The lowest BCUT2D eigenvalue weighted by Gasteiger charge is -2.20. The number of fused-ring (bicyclic) bond motifs is 1. The van der Waals surface area contributed by atoms with Crippen molar-refractivity contribution in [2.24, 2.45) is 5.92 Å². The summed E-state index contributed by atoms with van der Waals surface area (Å²) in [6.45, 7) is 1.83. The molecular weight excluding hydrogens is 350 g/mol. The average molecular weight is 375 g/mol. The largest absolute Gasteiger partial charge is 0.326 e. The second-order valence-electron chi connectivity index (χ2n) is 7.62. The molecule has 5 nitrogen and oxygen atoms in total. The van der Waals surface area contributed by atoms with E-state index in [2.05, 4.69) is 10.3 Å². The highest BCUT2D eigenvalue weighted by Gasteiger charge is 2.17. The van der Waals surface area contributed by atoms with E-state index in [1.807, 2.05) is 49.4 Å². The number of anilines is 1. The number of nitrogens with zero attached hydrogens (tertiary/aromatic N) is 2. The monoisotopic (exact) mass is 375 g/mol. The Morgan fingerprint density at radius 1 is 1.07 bits per heavy atom. The molecule has 0 bridgehead atoms. The quantitative estimate of drug-likeness (QED) is 0.725. The van der Waals surface area contributed by atoms with Gasteiger partial charge in [0.15, 0.2) is 0 Å².